The first-order chi connectivity index (χ1) is 8.28. The van der Waals surface area contributed by atoms with E-state index < -0.39 is 0 Å². The zero-order valence-corrected chi connectivity index (χ0v) is 10.4. The first-order valence-electron chi connectivity index (χ1n) is 6.32. The summed E-state index contributed by atoms with van der Waals surface area (Å²) >= 11 is 0. The molecule has 2 heteroatoms. The summed E-state index contributed by atoms with van der Waals surface area (Å²) in [4.78, 5) is 0. The van der Waals surface area contributed by atoms with Gasteiger partial charge in [-0.3, -0.25) is 0 Å². The maximum Gasteiger partial charge on any atom is 0.197 e. The van der Waals surface area contributed by atoms with E-state index in [0.717, 1.165) is 11.3 Å². The van der Waals surface area contributed by atoms with Crippen molar-refractivity contribution in [3.05, 3.63) is 36.4 Å². The Labute approximate surface area is 103 Å². The van der Waals surface area contributed by atoms with Crippen molar-refractivity contribution >= 4 is 6.08 Å². The zero-order chi connectivity index (χ0) is 12.1. The zero-order valence-electron chi connectivity index (χ0n) is 10.4. The largest absolute Gasteiger partial charge is 0.465 e. The third-order valence-corrected chi connectivity index (χ3v) is 3.08. The van der Waals surface area contributed by atoms with E-state index in [1.165, 1.54) is 25.7 Å². The number of hydrogen-bond acceptors (Lipinski definition) is 2. The fourth-order valence-electron chi connectivity index (χ4n) is 2.23. The highest BCUT2D eigenvalue weighted by Crippen LogP contribution is 2.23. The van der Waals surface area contributed by atoms with Crippen LogP contribution >= 0.6 is 0 Å². The van der Waals surface area contributed by atoms with Gasteiger partial charge in [0.25, 0.3) is 0 Å². The SMILES string of the molecule is C=Cc1cccc(OC(C)OC2CCCC2)c1. The molecule has 0 amide bonds. The smallest absolute Gasteiger partial charge is 0.197 e. The summed E-state index contributed by atoms with van der Waals surface area (Å²) in [7, 11) is 0. The van der Waals surface area contributed by atoms with Crippen molar-refractivity contribution < 1.29 is 9.47 Å². The monoisotopic (exact) mass is 232 g/mol. The van der Waals surface area contributed by atoms with E-state index in [1.807, 2.05) is 37.3 Å². The van der Waals surface area contributed by atoms with Crippen LogP contribution in [0.2, 0.25) is 0 Å². The second-order valence-electron chi connectivity index (χ2n) is 4.50. The van der Waals surface area contributed by atoms with Crippen molar-refractivity contribution in [2.75, 3.05) is 0 Å². The fraction of sp³-hybridized carbons (Fsp3) is 0.467. The average molecular weight is 232 g/mol. The van der Waals surface area contributed by atoms with Gasteiger partial charge in [-0.25, -0.2) is 0 Å². The molecule has 92 valence electrons. The van der Waals surface area contributed by atoms with Crippen LogP contribution in [0.1, 0.15) is 38.2 Å². The van der Waals surface area contributed by atoms with Crippen LogP contribution in [0.3, 0.4) is 0 Å². The second kappa shape index (κ2) is 5.87. The molecule has 0 radical (unpaired) electrons. The molecule has 0 N–H and O–H groups in total. The Balaban J connectivity index is 1.87. The van der Waals surface area contributed by atoms with Crippen LogP contribution in [-0.4, -0.2) is 12.4 Å². The van der Waals surface area contributed by atoms with Crippen molar-refractivity contribution in [1.29, 1.82) is 0 Å². The van der Waals surface area contributed by atoms with Crippen molar-refractivity contribution in [1.82, 2.24) is 0 Å². The molecule has 0 saturated heterocycles. The lowest BCUT2D eigenvalue weighted by Crippen LogP contribution is -2.22. The molecule has 0 heterocycles. The molecular weight excluding hydrogens is 212 g/mol. The minimum atomic E-state index is -0.182. The topological polar surface area (TPSA) is 18.5 Å². The number of benzene rings is 1. The number of rotatable bonds is 5. The van der Waals surface area contributed by atoms with Gasteiger partial charge in [0.1, 0.15) is 5.75 Å². The van der Waals surface area contributed by atoms with Crippen molar-refractivity contribution in [3.63, 3.8) is 0 Å². The molecule has 1 atom stereocenters. The summed E-state index contributed by atoms with van der Waals surface area (Å²) in [5.74, 6) is 0.841. The molecule has 0 aromatic heterocycles. The summed E-state index contributed by atoms with van der Waals surface area (Å²) in [6, 6.07) is 7.89. The van der Waals surface area contributed by atoms with E-state index in [1.54, 1.807) is 0 Å². The van der Waals surface area contributed by atoms with Gasteiger partial charge in [-0.2, -0.15) is 0 Å². The Morgan fingerprint density at radius 1 is 1.35 bits per heavy atom. The Bertz CT molecular complexity index is 367. The van der Waals surface area contributed by atoms with Crippen LogP contribution in [0.15, 0.2) is 30.8 Å². The Morgan fingerprint density at radius 3 is 2.82 bits per heavy atom. The van der Waals surface area contributed by atoms with Gasteiger partial charge in [-0.05, 0) is 37.5 Å². The second-order valence-corrected chi connectivity index (χ2v) is 4.50. The highest BCUT2D eigenvalue weighted by molar-refractivity contribution is 5.49. The van der Waals surface area contributed by atoms with Crippen LogP contribution in [0.5, 0.6) is 5.75 Å². The summed E-state index contributed by atoms with van der Waals surface area (Å²) in [5.41, 5.74) is 1.07. The van der Waals surface area contributed by atoms with Gasteiger partial charge in [0.2, 0.25) is 0 Å². The molecular formula is C15H20O2. The van der Waals surface area contributed by atoms with Crippen molar-refractivity contribution in [3.8, 4) is 5.75 Å². The molecule has 17 heavy (non-hydrogen) atoms. The van der Waals surface area contributed by atoms with E-state index in [4.69, 9.17) is 9.47 Å². The van der Waals surface area contributed by atoms with Gasteiger partial charge in [0.05, 0.1) is 6.10 Å². The Hall–Kier alpha value is -1.28. The molecule has 2 rings (SSSR count). The van der Waals surface area contributed by atoms with Crippen molar-refractivity contribution in [2.24, 2.45) is 0 Å². The Kier molecular flexibility index (Phi) is 4.21. The lowest BCUT2D eigenvalue weighted by molar-refractivity contribution is -0.104. The van der Waals surface area contributed by atoms with Crippen LogP contribution in [0.4, 0.5) is 0 Å². The number of ether oxygens (including phenoxy) is 2. The maximum atomic E-state index is 5.84. The molecule has 1 aliphatic rings. The van der Waals surface area contributed by atoms with E-state index in [9.17, 15) is 0 Å². The molecule has 1 aromatic rings. The Morgan fingerprint density at radius 2 is 2.12 bits per heavy atom. The summed E-state index contributed by atoms with van der Waals surface area (Å²) in [6.45, 7) is 5.70. The molecule has 1 aromatic carbocycles. The third kappa shape index (κ3) is 3.60. The van der Waals surface area contributed by atoms with Gasteiger partial charge in [-0.1, -0.05) is 37.6 Å². The minimum Gasteiger partial charge on any atom is -0.465 e. The summed E-state index contributed by atoms with van der Waals surface area (Å²) < 4.78 is 11.6. The standard InChI is InChI=1S/C15H20O2/c1-3-13-7-6-10-15(11-13)17-12(2)16-14-8-4-5-9-14/h3,6-7,10-12,14H,1,4-5,8-9H2,2H3. The summed E-state index contributed by atoms with van der Waals surface area (Å²) in [6.07, 6.45) is 6.91. The predicted octanol–water partition coefficient (Wildman–Crippen LogP) is 4.01. The highest BCUT2D eigenvalue weighted by atomic mass is 16.7. The lowest BCUT2D eigenvalue weighted by Gasteiger charge is -2.19. The van der Waals surface area contributed by atoms with Gasteiger partial charge >= 0.3 is 0 Å². The van der Waals surface area contributed by atoms with E-state index >= 15 is 0 Å². The average Bonchev–Trinajstić information content (AvgIpc) is 2.82. The first kappa shape index (κ1) is 12.2. The maximum absolute atomic E-state index is 5.84. The quantitative estimate of drug-likeness (QED) is 0.714. The molecule has 0 spiro atoms. The van der Waals surface area contributed by atoms with Gasteiger partial charge in [-0.15, -0.1) is 0 Å². The molecule has 0 bridgehead atoms. The predicted molar refractivity (Wildman–Crippen MR) is 70.0 cm³/mol. The van der Waals surface area contributed by atoms with E-state index in [-0.39, 0.29) is 6.29 Å². The molecule has 1 aliphatic carbocycles. The molecule has 1 saturated carbocycles. The first-order valence-corrected chi connectivity index (χ1v) is 6.32. The van der Waals surface area contributed by atoms with Gasteiger partial charge < -0.3 is 9.47 Å². The molecule has 0 aliphatic heterocycles. The highest BCUT2D eigenvalue weighted by Gasteiger charge is 2.18. The normalized spacial score (nSPS) is 17.9. The van der Waals surface area contributed by atoms with Crippen LogP contribution in [0.25, 0.3) is 6.08 Å². The molecule has 2 nitrogen and oxygen atoms in total. The van der Waals surface area contributed by atoms with Crippen molar-refractivity contribution in [2.45, 2.75) is 45.0 Å². The molecule has 1 unspecified atom stereocenters. The van der Waals surface area contributed by atoms with Crippen LogP contribution in [-0.2, 0) is 4.74 Å². The van der Waals surface area contributed by atoms with E-state index in [0.29, 0.717) is 6.10 Å². The van der Waals surface area contributed by atoms with Crippen LogP contribution in [0, 0.1) is 0 Å². The van der Waals surface area contributed by atoms with E-state index in [2.05, 4.69) is 6.58 Å². The third-order valence-electron chi connectivity index (χ3n) is 3.08. The fourth-order valence-corrected chi connectivity index (χ4v) is 2.23. The molecule has 1 fully saturated rings. The minimum absolute atomic E-state index is 0.182. The van der Waals surface area contributed by atoms with Gasteiger partial charge in [0.15, 0.2) is 6.29 Å². The lowest BCUT2D eigenvalue weighted by atomic mass is 10.2. The number of hydrogen-bond donors (Lipinski definition) is 0. The summed E-state index contributed by atoms with van der Waals surface area (Å²) in [5, 5.41) is 0. The van der Waals surface area contributed by atoms with Crippen LogP contribution < -0.4 is 4.74 Å². The van der Waals surface area contributed by atoms with Gasteiger partial charge in [0, 0.05) is 0 Å².